The van der Waals surface area contributed by atoms with E-state index in [2.05, 4.69) is 9.71 Å². The molecule has 0 bridgehead atoms. The molecular formula is C12H9ClN2O4S. The molecule has 0 saturated carbocycles. The summed E-state index contributed by atoms with van der Waals surface area (Å²) < 4.78 is 26.3. The third-order valence-electron chi connectivity index (χ3n) is 2.39. The first-order valence-electron chi connectivity index (χ1n) is 5.37. The first kappa shape index (κ1) is 14.3. The molecule has 0 aliphatic rings. The third-order valence-corrected chi connectivity index (χ3v) is 4.00. The average molecular weight is 313 g/mol. The summed E-state index contributed by atoms with van der Waals surface area (Å²) in [6.45, 7) is 0. The number of sulfonamides is 1. The molecular weight excluding hydrogens is 304 g/mol. The van der Waals surface area contributed by atoms with Crippen LogP contribution in [0.1, 0.15) is 10.4 Å². The lowest BCUT2D eigenvalue weighted by Gasteiger charge is -2.09. The zero-order valence-electron chi connectivity index (χ0n) is 9.95. The average Bonchev–Trinajstić information content (AvgIpc) is 2.39. The standard InChI is InChI=1S/C12H9ClN2O4S/c13-8-3-5-9(6-4-8)20(18,19)15-11-10(12(16)17)2-1-7-14-11/h1-7H,(H,14,15)(H,16,17). The summed E-state index contributed by atoms with van der Waals surface area (Å²) in [6.07, 6.45) is 1.30. The minimum atomic E-state index is -3.92. The molecule has 1 heterocycles. The highest BCUT2D eigenvalue weighted by atomic mass is 35.5. The van der Waals surface area contributed by atoms with Crippen LogP contribution in [0.15, 0.2) is 47.5 Å². The Morgan fingerprint density at radius 3 is 2.45 bits per heavy atom. The molecule has 8 heteroatoms. The number of halogens is 1. The normalized spacial score (nSPS) is 11.1. The minimum absolute atomic E-state index is 0.0381. The number of nitrogens with zero attached hydrogens (tertiary/aromatic N) is 1. The molecule has 0 saturated heterocycles. The van der Waals surface area contributed by atoms with E-state index in [4.69, 9.17) is 16.7 Å². The van der Waals surface area contributed by atoms with Crippen molar-refractivity contribution < 1.29 is 18.3 Å². The smallest absolute Gasteiger partial charge is 0.339 e. The molecule has 2 aromatic rings. The van der Waals surface area contributed by atoms with Crippen molar-refractivity contribution in [2.45, 2.75) is 4.90 Å². The van der Waals surface area contributed by atoms with Crippen molar-refractivity contribution in [3.63, 3.8) is 0 Å². The van der Waals surface area contributed by atoms with Crippen LogP contribution < -0.4 is 4.72 Å². The summed E-state index contributed by atoms with van der Waals surface area (Å²) in [5, 5.41) is 9.37. The van der Waals surface area contributed by atoms with Gasteiger partial charge in [0.2, 0.25) is 0 Å². The van der Waals surface area contributed by atoms with Gasteiger partial charge in [-0.25, -0.2) is 18.2 Å². The second kappa shape index (κ2) is 5.48. The van der Waals surface area contributed by atoms with Gasteiger partial charge in [-0.15, -0.1) is 0 Å². The Morgan fingerprint density at radius 1 is 1.20 bits per heavy atom. The van der Waals surface area contributed by atoms with Crippen LogP contribution in [0, 0.1) is 0 Å². The number of hydrogen-bond donors (Lipinski definition) is 2. The van der Waals surface area contributed by atoms with Gasteiger partial charge in [-0.1, -0.05) is 11.6 Å². The van der Waals surface area contributed by atoms with E-state index >= 15 is 0 Å². The summed E-state index contributed by atoms with van der Waals surface area (Å²) in [7, 11) is -3.92. The highest BCUT2D eigenvalue weighted by Gasteiger charge is 2.19. The van der Waals surface area contributed by atoms with Gasteiger partial charge in [-0.05, 0) is 36.4 Å². The number of carbonyl (C=O) groups is 1. The van der Waals surface area contributed by atoms with E-state index in [0.29, 0.717) is 5.02 Å². The lowest BCUT2D eigenvalue weighted by atomic mass is 10.3. The fraction of sp³-hybridized carbons (Fsp3) is 0. The molecule has 0 aliphatic carbocycles. The predicted octanol–water partition coefficient (Wildman–Crippen LogP) is 2.23. The van der Waals surface area contributed by atoms with E-state index in [-0.39, 0.29) is 16.3 Å². The van der Waals surface area contributed by atoms with Crippen LogP contribution >= 0.6 is 11.6 Å². The van der Waals surface area contributed by atoms with Crippen molar-refractivity contribution in [3.8, 4) is 0 Å². The number of benzene rings is 1. The molecule has 2 N–H and O–H groups in total. The van der Waals surface area contributed by atoms with E-state index in [1.807, 2.05) is 0 Å². The van der Waals surface area contributed by atoms with Crippen LogP contribution in [0.25, 0.3) is 0 Å². The van der Waals surface area contributed by atoms with Crippen LogP contribution in [0.5, 0.6) is 0 Å². The van der Waals surface area contributed by atoms with E-state index in [1.54, 1.807) is 0 Å². The number of aromatic nitrogens is 1. The maximum absolute atomic E-state index is 12.1. The number of rotatable bonds is 4. The molecule has 2 rings (SSSR count). The number of hydrogen-bond acceptors (Lipinski definition) is 4. The number of anilines is 1. The van der Waals surface area contributed by atoms with Crippen molar-refractivity contribution in [2.24, 2.45) is 0 Å². The topological polar surface area (TPSA) is 96.4 Å². The first-order chi connectivity index (χ1) is 9.40. The summed E-state index contributed by atoms with van der Waals surface area (Å²) in [6, 6.07) is 8.14. The molecule has 0 unspecified atom stereocenters. The predicted molar refractivity (Wildman–Crippen MR) is 73.5 cm³/mol. The molecule has 1 aromatic heterocycles. The van der Waals surface area contributed by atoms with Gasteiger partial charge in [0, 0.05) is 11.2 Å². The van der Waals surface area contributed by atoms with Crippen molar-refractivity contribution in [3.05, 3.63) is 53.2 Å². The third kappa shape index (κ3) is 3.06. The van der Waals surface area contributed by atoms with Crippen LogP contribution in [0.4, 0.5) is 5.82 Å². The van der Waals surface area contributed by atoms with Gasteiger partial charge in [0.05, 0.1) is 4.90 Å². The Labute approximate surface area is 120 Å². The van der Waals surface area contributed by atoms with E-state index in [9.17, 15) is 13.2 Å². The SMILES string of the molecule is O=C(O)c1cccnc1NS(=O)(=O)c1ccc(Cl)cc1. The van der Waals surface area contributed by atoms with Crippen molar-refractivity contribution >= 4 is 33.4 Å². The van der Waals surface area contributed by atoms with Gasteiger partial charge in [-0.2, -0.15) is 0 Å². The molecule has 0 atom stereocenters. The van der Waals surface area contributed by atoms with Crippen molar-refractivity contribution in [2.75, 3.05) is 4.72 Å². The molecule has 6 nitrogen and oxygen atoms in total. The Kier molecular flexibility index (Phi) is 3.91. The van der Waals surface area contributed by atoms with Crippen LogP contribution in [-0.4, -0.2) is 24.5 Å². The Hall–Kier alpha value is -2.12. The van der Waals surface area contributed by atoms with Crippen molar-refractivity contribution in [1.82, 2.24) is 4.98 Å². The molecule has 0 spiro atoms. The van der Waals surface area contributed by atoms with Gasteiger partial charge >= 0.3 is 5.97 Å². The number of pyridine rings is 1. The Bertz CT molecular complexity index is 744. The molecule has 0 radical (unpaired) electrons. The Balaban J connectivity index is 2.38. The highest BCUT2D eigenvalue weighted by molar-refractivity contribution is 7.92. The van der Waals surface area contributed by atoms with Gasteiger partial charge in [0.15, 0.2) is 5.82 Å². The maximum Gasteiger partial charge on any atom is 0.339 e. The minimum Gasteiger partial charge on any atom is -0.478 e. The van der Waals surface area contributed by atoms with E-state index in [1.165, 1.54) is 42.6 Å². The summed E-state index contributed by atoms with van der Waals surface area (Å²) in [4.78, 5) is 14.7. The number of carboxylic acid groups (broad SMARTS) is 1. The number of nitrogens with one attached hydrogen (secondary N) is 1. The quantitative estimate of drug-likeness (QED) is 0.902. The fourth-order valence-corrected chi connectivity index (χ4v) is 2.61. The molecule has 1 aromatic carbocycles. The van der Waals surface area contributed by atoms with Crippen LogP contribution in [0.2, 0.25) is 5.02 Å². The monoisotopic (exact) mass is 312 g/mol. The lowest BCUT2D eigenvalue weighted by molar-refractivity contribution is 0.0697. The molecule has 0 amide bonds. The highest BCUT2D eigenvalue weighted by Crippen LogP contribution is 2.19. The zero-order chi connectivity index (χ0) is 14.8. The number of aromatic carboxylic acids is 1. The van der Waals surface area contributed by atoms with Gasteiger partial charge in [0.1, 0.15) is 5.56 Å². The van der Waals surface area contributed by atoms with Gasteiger partial charge in [0.25, 0.3) is 10.0 Å². The van der Waals surface area contributed by atoms with E-state index in [0.717, 1.165) is 0 Å². The largest absolute Gasteiger partial charge is 0.478 e. The fourth-order valence-electron chi connectivity index (χ4n) is 1.46. The number of carboxylic acids is 1. The van der Waals surface area contributed by atoms with E-state index < -0.39 is 16.0 Å². The second-order valence-electron chi connectivity index (χ2n) is 3.76. The second-order valence-corrected chi connectivity index (χ2v) is 5.88. The molecule has 20 heavy (non-hydrogen) atoms. The first-order valence-corrected chi connectivity index (χ1v) is 7.23. The summed E-state index contributed by atoms with van der Waals surface area (Å²) >= 11 is 5.68. The summed E-state index contributed by atoms with van der Waals surface area (Å²) in [5.41, 5.74) is -0.231. The molecule has 0 fully saturated rings. The van der Waals surface area contributed by atoms with Crippen LogP contribution in [-0.2, 0) is 10.0 Å². The zero-order valence-corrected chi connectivity index (χ0v) is 11.5. The van der Waals surface area contributed by atoms with Crippen molar-refractivity contribution in [1.29, 1.82) is 0 Å². The van der Waals surface area contributed by atoms with Crippen LogP contribution in [0.3, 0.4) is 0 Å². The molecule has 0 aliphatic heterocycles. The Morgan fingerprint density at radius 2 is 1.85 bits per heavy atom. The molecule has 104 valence electrons. The summed E-state index contributed by atoms with van der Waals surface area (Å²) in [5.74, 6) is -1.51. The maximum atomic E-state index is 12.1. The lowest BCUT2D eigenvalue weighted by Crippen LogP contribution is -2.16. The van der Waals surface area contributed by atoms with Gasteiger partial charge in [-0.3, -0.25) is 4.72 Å². The van der Waals surface area contributed by atoms with Gasteiger partial charge < -0.3 is 5.11 Å².